The summed E-state index contributed by atoms with van der Waals surface area (Å²) in [6, 6.07) is 6.31. The standard InChI is InChI=1S/C19H33NO4/c1-7-15(4)20(12-17(21)13-24-14(2)3)11-16-8-9-18(22-5)19(10-16)23-6/h8-10,14-15,17,21H,7,11-13H2,1-6H3/t15-,17-/m1/s1. The second-order valence-corrected chi connectivity index (χ2v) is 6.41. The highest BCUT2D eigenvalue weighted by Crippen LogP contribution is 2.28. The van der Waals surface area contributed by atoms with Gasteiger partial charge in [0.15, 0.2) is 11.5 Å². The van der Waals surface area contributed by atoms with Crippen molar-refractivity contribution in [3.05, 3.63) is 23.8 Å². The molecule has 0 heterocycles. The summed E-state index contributed by atoms with van der Waals surface area (Å²) in [5.41, 5.74) is 1.13. The molecule has 0 aliphatic heterocycles. The SMILES string of the molecule is CC[C@@H](C)N(Cc1ccc(OC)c(OC)c1)C[C@@H](O)COC(C)C. The van der Waals surface area contributed by atoms with E-state index < -0.39 is 6.10 Å². The minimum atomic E-state index is -0.499. The molecule has 0 spiro atoms. The van der Waals surface area contributed by atoms with E-state index in [0.717, 1.165) is 30.0 Å². The first-order valence-corrected chi connectivity index (χ1v) is 8.65. The zero-order chi connectivity index (χ0) is 18.1. The van der Waals surface area contributed by atoms with Gasteiger partial charge in [-0.1, -0.05) is 13.0 Å². The largest absolute Gasteiger partial charge is 0.493 e. The van der Waals surface area contributed by atoms with Crippen molar-refractivity contribution in [2.45, 2.75) is 58.9 Å². The molecule has 0 saturated carbocycles. The normalized spacial score (nSPS) is 14.0. The number of ether oxygens (including phenoxy) is 3. The molecule has 0 radical (unpaired) electrons. The van der Waals surface area contributed by atoms with E-state index in [-0.39, 0.29) is 6.10 Å². The monoisotopic (exact) mass is 339 g/mol. The van der Waals surface area contributed by atoms with Crippen molar-refractivity contribution in [2.24, 2.45) is 0 Å². The van der Waals surface area contributed by atoms with Gasteiger partial charge in [0.2, 0.25) is 0 Å². The van der Waals surface area contributed by atoms with Crippen molar-refractivity contribution in [1.29, 1.82) is 0 Å². The lowest BCUT2D eigenvalue weighted by molar-refractivity contribution is -0.0149. The first-order valence-electron chi connectivity index (χ1n) is 8.65. The van der Waals surface area contributed by atoms with E-state index in [0.29, 0.717) is 19.2 Å². The predicted octanol–water partition coefficient (Wildman–Crippen LogP) is 3.09. The highest BCUT2D eigenvalue weighted by Gasteiger charge is 2.18. The molecule has 1 aromatic carbocycles. The summed E-state index contributed by atoms with van der Waals surface area (Å²) in [5, 5.41) is 10.3. The van der Waals surface area contributed by atoms with E-state index >= 15 is 0 Å². The lowest BCUT2D eigenvalue weighted by Gasteiger charge is -2.30. The van der Waals surface area contributed by atoms with Crippen LogP contribution in [0, 0.1) is 0 Å². The molecular formula is C19H33NO4. The van der Waals surface area contributed by atoms with Gasteiger partial charge in [0.05, 0.1) is 33.0 Å². The maximum absolute atomic E-state index is 10.3. The lowest BCUT2D eigenvalue weighted by Crippen LogP contribution is -2.40. The van der Waals surface area contributed by atoms with Crippen LogP contribution in [0.4, 0.5) is 0 Å². The smallest absolute Gasteiger partial charge is 0.161 e. The van der Waals surface area contributed by atoms with Crippen LogP contribution in [0.15, 0.2) is 18.2 Å². The summed E-state index contributed by atoms with van der Waals surface area (Å²) in [7, 11) is 3.27. The molecule has 0 aliphatic carbocycles. The van der Waals surface area contributed by atoms with E-state index in [1.807, 2.05) is 32.0 Å². The minimum absolute atomic E-state index is 0.127. The average Bonchev–Trinajstić information content (AvgIpc) is 2.58. The highest BCUT2D eigenvalue weighted by atomic mass is 16.5. The molecule has 0 unspecified atom stereocenters. The molecule has 138 valence electrons. The van der Waals surface area contributed by atoms with Crippen LogP contribution in [0.25, 0.3) is 0 Å². The van der Waals surface area contributed by atoms with Crippen LogP contribution in [0.3, 0.4) is 0 Å². The Bertz CT molecular complexity index is 478. The number of benzene rings is 1. The van der Waals surface area contributed by atoms with Gasteiger partial charge in [-0.05, 0) is 44.9 Å². The second-order valence-electron chi connectivity index (χ2n) is 6.41. The summed E-state index contributed by atoms with van der Waals surface area (Å²) < 4.78 is 16.2. The molecule has 2 atom stereocenters. The Labute approximate surface area is 146 Å². The number of hydrogen-bond acceptors (Lipinski definition) is 5. The Balaban J connectivity index is 2.79. The van der Waals surface area contributed by atoms with Gasteiger partial charge >= 0.3 is 0 Å². The molecule has 0 bridgehead atoms. The van der Waals surface area contributed by atoms with Crippen molar-refractivity contribution in [2.75, 3.05) is 27.4 Å². The number of aliphatic hydroxyl groups is 1. The Morgan fingerprint density at radius 2 is 1.75 bits per heavy atom. The molecule has 1 N–H and O–H groups in total. The predicted molar refractivity (Wildman–Crippen MR) is 96.8 cm³/mol. The van der Waals surface area contributed by atoms with Crippen molar-refractivity contribution in [3.63, 3.8) is 0 Å². The van der Waals surface area contributed by atoms with Gasteiger partial charge < -0.3 is 19.3 Å². The van der Waals surface area contributed by atoms with Gasteiger partial charge in [-0.3, -0.25) is 4.90 Å². The number of methoxy groups -OCH3 is 2. The Hall–Kier alpha value is -1.30. The first-order chi connectivity index (χ1) is 11.4. The molecule has 1 aromatic rings. The van der Waals surface area contributed by atoms with Crippen LogP contribution < -0.4 is 9.47 Å². The lowest BCUT2D eigenvalue weighted by atomic mass is 10.1. The third kappa shape index (κ3) is 6.67. The molecule has 5 heteroatoms. The molecule has 0 fully saturated rings. The van der Waals surface area contributed by atoms with Gasteiger partial charge in [-0.25, -0.2) is 0 Å². The van der Waals surface area contributed by atoms with E-state index in [1.165, 1.54) is 0 Å². The number of rotatable bonds is 11. The molecule has 0 aromatic heterocycles. The third-order valence-electron chi connectivity index (χ3n) is 4.11. The zero-order valence-corrected chi connectivity index (χ0v) is 15.9. The summed E-state index contributed by atoms with van der Waals surface area (Å²) in [6.45, 7) is 9.96. The molecule has 0 saturated heterocycles. The molecule has 0 amide bonds. The Morgan fingerprint density at radius 3 is 2.29 bits per heavy atom. The third-order valence-corrected chi connectivity index (χ3v) is 4.11. The summed E-state index contributed by atoms with van der Waals surface area (Å²) in [5.74, 6) is 1.45. The van der Waals surface area contributed by atoms with Crippen molar-refractivity contribution in [1.82, 2.24) is 4.90 Å². The Kier molecular flexibility index (Phi) is 9.11. The van der Waals surface area contributed by atoms with Crippen LogP contribution in [0.5, 0.6) is 11.5 Å². The second kappa shape index (κ2) is 10.5. The average molecular weight is 339 g/mol. The van der Waals surface area contributed by atoms with Gasteiger partial charge in [0, 0.05) is 19.1 Å². The number of hydrogen-bond donors (Lipinski definition) is 1. The maximum atomic E-state index is 10.3. The summed E-state index contributed by atoms with van der Waals surface area (Å²) in [4.78, 5) is 2.27. The molecule has 1 rings (SSSR count). The minimum Gasteiger partial charge on any atom is -0.493 e. The quantitative estimate of drug-likeness (QED) is 0.671. The van der Waals surface area contributed by atoms with Crippen LogP contribution >= 0.6 is 0 Å². The van der Waals surface area contributed by atoms with Gasteiger partial charge in [0.1, 0.15) is 0 Å². The first kappa shape index (κ1) is 20.7. The van der Waals surface area contributed by atoms with Crippen LogP contribution in [-0.4, -0.2) is 55.6 Å². The van der Waals surface area contributed by atoms with Gasteiger partial charge in [0.25, 0.3) is 0 Å². The van der Waals surface area contributed by atoms with Gasteiger partial charge in [-0.15, -0.1) is 0 Å². The van der Waals surface area contributed by atoms with E-state index in [1.54, 1.807) is 14.2 Å². The Morgan fingerprint density at radius 1 is 1.08 bits per heavy atom. The van der Waals surface area contributed by atoms with Crippen LogP contribution in [0.1, 0.15) is 39.7 Å². The van der Waals surface area contributed by atoms with E-state index in [4.69, 9.17) is 14.2 Å². The van der Waals surface area contributed by atoms with Crippen molar-refractivity contribution < 1.29 is 19.3 Å². The highest BCUT2D eigenvalue weighted by molar-refractivity contribution is 5.42. The zero-order valence-electron chi connectivity index (χ0n) is 15.9. The maximum Gasteiger partial charge on any atom is 0.161 e. The van der Waals surface area contributed by atoms with E-state index in [2.05, 4.69) is 18.7 Å². The fraction of sp³-hybridized carbons (Fsp3) is 0.684. The number of aliphatic hydroxyl groups excluding tert-OH is 1. The molecule has 5 nitrogen and oxygen atoms in total. The fourth-order valence-electron chi connectivity index (χ4n) is 2.50. The summed E-state index contributed by atoms with van der Waals surface area (Å²) >= 11 is 0. The summed E-state index contributed by atoms with van der Waals surface area (Å²) in [6.07, 6.45) is 0.648. The number of nitrogens with zero attached hydrogens (tertiary/aromatic N) is 1. The van der Waals surface area contributed by atoms with Crippen LogP contribution in [-0.2, 0) is 11.3 Å². The van der Waals surface area contributed by atoms with Crippen molar-refractivity contribution >= 4 is 0 Å². The van der Waals surface area contributed by atoms with Crippen molar-refractivity contribution in [3.8, 4) is 11.5 Å². The topological polar surface area (TPSA) is 51.2 Å². The van der Waals surface area contributed by atoms with Gasteiger partial charge in [-0.2, -0.15) is 0 Å². The molecule has 24 heavy (non-hydrogen) atoms. The fourth-order valence-corrected chi connectivity index (χ4v) is 2.50. The molecule has 0 aliphatic rings. The molecular weight excluding hydrogens is 306 g/mol. The van der Waals surface area contributed by atoms with Crippen LogP contribution in [0.2, 0.25) is 0 Å². The van der Waals surface area contributed by atoms with E-state index in [9.17, 15) is 5.11 Å².